The maximum absolute atomic E-state index is 5.51. The van der Waals surface area contributed by atoms with Crippen LogP contribution >= 0.6 is 0 Å². The van der Waals surface area contributed by atoms with E-state index in [4.69, 9.17) is 5.73 Å². The Hall–Kier alpha value is -0.790. The average Bonchev–Trinajstić information content (AvgIpc) is 2.02. The minimum absolute atomic E-state index is 0.0404. The number of hydrogen-bond donors (Lipinski definition) is 1. The van der Waals surface area contributed by atoms with Crippen LogP contribution in [-0.4, -0.2) is 6.21 Å². The number of nitrogens with two attached hydrogens (primary N) is 1. The average molecular weight is 182 g/mol. The first kappa shape index (κ1) is 12.2. The van der Waals surface area contributed by atoms with Crippen molar-refractivity contribution in [2.45, 2.75) is 41.0 Å². The molecule has 0 heterocycles. The summed E-state index contributed by atoms with van der Waals surface area (Å²) < 4.78 is 0. The molecule has 0 aliphatic heterocycles. The van der Waals surface area contributed by atoms with E-state index >= 15 is 0 Å². The first-order valence-electron chi connectivity index (χ1n) is 4.88. The third-order valence-corrected chi connectivity index (χ3v) is 2.04. The Bertz CT molecular complexity index is 197. The highest BCUT2D eigenvalue weighted by Crippen LogP contribution is 2.25. The summed E-state index contributed by atoms with van der Waals surface area (Å²) in [6.07, 6.45) is 4.69. The minimum atomic E-state index is 0.0404. The van der Waals surface area contributed by atoms with Gasteiger partial charge in [-0.15, -0.1) is 0 Å². The molecule has 0 aromatic rings. The lowest BCUT2D eigenvalue weighted by Crippen LogP contribution is -2.10. The summed E-state index contributed by atoms with van der Waals surface area (Å²) in [5.41, 5.74) is 6.50. The molecule has 76 valence electrons. The van der Waals surface area contributed by atoms with Crippen LogP contribution in [-0.2, 0) is 0 Å². The van der Waals surface area contributed by atoms with E-state index in [9.17, 15) is 0 Å². The zero-order chi connectivity index (χ0) is 10.5. The zero-order valence-corrected chi connectivity index (χ0v) is 9.46. The van der Waals surface area contributed by atoms with E-state index in [1.807, 2.05) is 6.21 Å². The summed E-state index contributed by atoms with van der Waals surface area (Å²) in [5.74, 6) is 0.525. The molecular weight excluding hydrogens is 160 g/mol. The van der Waals surface area contributed by atoms with Crippen molar-refractivity contribution in [2.75, 3.05) is 0 Å². The molecule has 1 unspecified atom stereocenters. The summed E-state index contributed by atoms with van der Waals surface area (Å²) in [6.45, 7) is 10.6. The van der Waals surface area contributed by atoms with Gasteiger partial charge >= 0.3 is 0 Å². The van der Waals surface area contributed by atoms with E-state index in [1.54, 1.807) is 6.20 Å². The monoisotopic (exact) mass is 182 g/mol. The standard InChI is InChI=1S/C11H22N2/c1-6-9(2)8-13-10(7-12)11(3,4)5/h7-9H,6,12H2,1-5H3/b10-7-,13-8-. The quantitative estimate of drug-likeness (QED) is 0.669. The third kappa shape index (κ3) is 4.71. The van der Waals surface area contributed by atoms with E-state index in [1.165, 1.54) is 0 Å². The fourth-order valence-corrected chi connectivity index (χ4v) is 0.800. The van der Waals surface area contributed by atoms with Crippen LogP contribution in [0.25, 0.3) is 0 Å². The molecule has 2 heteroatoms. The van der Waals surface area contributed by atoms with Crippen molar-refractivity contribution in [3.05, 3.63) is 11.9 Å². The molecule has 0 saturated heterocycles. The van der Waals surface area contributed by atoms with Crippen LogP contribution in [0.5, 0.6) is 0 Å². The highest BCUT2D eigenvalue weighted by atomic mass is 14.8. The van der Waals surface area contributed by atoms with Gasteiger partial charge in [-0.05, 0) is 12.3 Å². The van der Waals surface area contributed by atoms with E-state index < -0.39 is 0 Å². The topological polar surface area (TPSA) is 38.4 Å². The summed E-state index contributed by atoms with van der Waals surface area (Å²) in [7, 11) is 0. The summed E-state index contributed by atoms with van der Waals surface area (Å²) in [6, 6.07) is 0. The molecule has 0 radical (unpaired) electrons. The van der Waals surface area contributed by atoms with Crippen LogP contribution in [0, 0.1) is 11.3 Å². The number of hydrogen-bond acceptors (Lipinski definition) is 2. The van der Waals surface area contributed by atoms with E-state index in [0.29, 0.717) is 5.92 Å². The van der Waals surface area contributed by atoms with Gasteiger partial charge in [-0.25, -0.2) is 0 Å². The Morgan fingerprint density at radius 1 is 1.46 bits per heavy atom. The van der Waals surface area contributed by atoms with Crippen LogP contribution < -0.4 is 5.73 Å². The Labute approximate surface area is 81.9 Å². The fraction of sp³-hybridized carbons (Fsp3) is 0.727. The molecule has 13 heavy (non-hydrogen) atoms. The maximum Gasteiger partial charge on any atom is 0.0607 e. The number of nitrogens with zero attached hydrogens (tertiary/aromatic N) is 1. The van der Waals surface area contributed by atoms with Gasteiger partial charge in [0.25, 0.3) is 0 Å². The highest BCUT2D eigenvalue weighted by Gasteiger charge is 2.15. The maximum atomic E-state index is 5.51. The van der Waals surface area contributed by atoms with Gasteiger partial charge in [-0.2, -0.15) is 0 Å². The molecule has 0 rings (SSSR count). The van der Waals surface area contributed by atoms with Gasteiger partial charge in [0.15, 0.2) is 0 Å². The minimum Gasteiger partial charge on any atom is -0.403 e. The van der Waals surface area contributed by atoms with Crippen molar-refractivity contribution in [1.82, 2.24) is 0 Å². The van der Waals surface area contributed by atoms with Crippen molar-refractivity contribution in [3.8, 4) is 0 Å². The third-order valence-electron chi connectivity index (χ3n) is 2.04. The number of allylic oxidation sites excluding steroid dienone is 1. The lowest BCUT2D eigenvalue weighted by atomic mass is 9.93. The van der Waals surface area contributed by atoms with E-state index in [-0.39, 0.29) is 5.41 Å². The smallest absolute Gasteiger partial charge is 0.0607 e. The molecule has 0 saturated carbocycles. The molecule has 0 spiro atoms. The fourth-order valence-electron chi connectivity index (χ4n) is 0.800. The normalized spacial score (nSPS) is 16.5. The molecule has 1 atom stereocenters. The number of aliphatic imine (C=N–C) groups is 1. The summed E-state index contributed by atoms with van der Waals surface area (Å²) in [5, 5.41) is 0. The molecule has 2 N–H and O–H groups in total. The van der Waals surface area contributed by atoms with Gasteiger partial charge in [0, 0.05) is 17.8 Å². The Kier molecular flexibility index (Phi) is 4.74. The first-order valence-corrected chi connectivity index (χ1v) is 4.88. The van der Waals surface area contributed by atoms with Crippen LogP contribution in [0.1, 0.15) is 41.0 Å². The van der Waals surface area contributed by atoms with Crippen molar-refractivity contribution in [1.29, 1.82) is 0 Å². The SMILES string of the molecule is CCC(C)/C=N\C(=C/N)C(C)(C)C. The second kappa shape index (κ2) is 5.05. The van der Waals surface area contributed by atoms with Crippen LogP contribution in [0.4, 0.5) is 0 Å². The molecule has 2 nitrogen and oxygen atoms in total. The van der Waals surface area contributed by atoms with Gasteiger partial charge in [-0.3, -0.25) is 4.99 Å². The molecule has 0 fully saturated rings. The Morgan fingerprint density at radius 3 is 2.31 bits per heavy atom. The Balaban J connectivity index is 4.41. The second-order valence-corrected chi connectivity index (χ2v) is 4.47. The molecule has 0 aromatic heterocycles. The zero-order valence-electron chi connectivity index (χ0n) is 9.46. The highest BCUT2D eigenvalue weighted by molar-refractivity contribution is 5.61. The number of rotatable bonds is 3. The van der Waals surface area contributed by atoms with Gasteiger partial charge < -0.3 is 5.73 Å². The summed E-state index contributed by atoms with van der Waals surface area (Å²) in [4.78, 5) is 4.40. The van der Waals surface area contributed by atoms with Gasteiger partial charge in [0.1, 0.15) is 0 Å². The van der Waals surface area contributed by atoms with Gasteiger partial charge in [-0.1, -0.05) is 34.6 Å². The second-order valence-electron chi connectivity index (χ2n) is 4.47. The van der Waals surface area contributed by atoms with E-state index in [0.717, 1.165) is 12.1 Å². The molecule has 0 amide bonds. The van der Waals surface area contributed by atoms with Crippen molar-refractivity contribution >= 4 is 6.21 Å². The lowest BCUT2D eigenvalue weighted by Gasteiger charge is -2.18. The molecule has 0 aliphatic rings. The van der Waals surface area contributed by atoms with Crippen LogP contribution in [0.15, 0.2) is 16.9 Å². The molecule has 0 bridgehead atoms. The largest absolute Gasteiger partial charge is 0.403 e. The van der Waals surface area contributed by atoms with Crippen LogP contribution in [0.3, 0.4) is 0 Å². The van der Waals surface area contributed by atoms with Crippen molar-refractivity contribution in [2.24, 2.45) is 22.1 Å². The van der Waals surface area contributed by atoms with Crippen molar-refractivity contribution < 1.29 is 0 Å². The predicted octanol–water partition coefficient (Wildman–Crippen LogP) is 2.95. The van der Waals surface area contributed by atoms with Gasteiger partial charge in [0.2, 0.25) is 0 Å². The van der Waals surface area contributed by atoms with E-state index in [2.05, 4.69) is 39.6 Å². The van der Waals surface area contributed by atoms with Crippen LogP contribution in [0.2, 0.25) is 0 Å². The first-order chi connectivity index (χ1) is 5.91. The predicted molar refractivity (Wildman–Crippen MR) is 59.7 cm³/mol. The molecule has 0 aliphatic carbocycles. The van der Waals surface area contributed by atoms with Crippen molar-refractivity contribution in [3.63, 3.8) is 0 Å². The molecule has 0 aromatic carbocycles. The van der Waals surface area contributed by atoms with Gasteiger partial charge in [0.05, 0.1) is 5.70 Å². The summed E-state index contributed by atoms with van der Waals surface area (Å²) >= 11 is 0. The molecular formula is C11H22N2. The Morgan fingerprint density at radius 2 is 2.00 bits per heavy atom. The lowest BCUT2D eigenvalue weighted by molar-refractivity contribution is 0.496.